The number of H-pyrrole nitrogens is 1. The van der Waals surface area contributed by atoms with Gasteiger partial charge in [-0.2, -0.15) is 10.2 Å². The summed E-state index contributed by atoms with van der Waals surface area (Å²) >= 11 is 0. The molecule has 5 aromatic rings. The number of nitrogens with zero attached hydrogens (tertiary/aromatic N) is 8. The van der Waals surface area contributed by atoms with Crippen LogP contribution in [-0.2, 0) is 37.1 Å². The van der Waals surface area contributed by atoms with Crippen molar-refractivity contribution in [3.63, 3.8) is 0 Å². The van der Waals surface area contributed by atoms with Gasteiger partial charge in [-0.15, -0.1) is 0 Å². The molecule has 0 spiro atoms. The summed E-state index contributed by atoms with van der Waals surface area (Å²) in [4.78, 5) is 73.2. The number of fused-ring (bicyclic) bond motifs is 2. The lowest BCUT2D eigenvalue weighted by Crippen LogP contribution is -2.32. The van der Waals surface area contributed by atoms with Crippen molar-refractivity contribution in [1.82, 2.24) is 39.0 Å². The topological polar surface area (TPSA) is 319 Å². The first-order valence-corrected chi connectivity index (χ1v) is 20.0. The number of aromatic amines is 1. The van der Waals surface area contributed by atoms with Crippen LogP contribution in [0.1, 0.15) is 49.5 Å². The molecule has 2 amide bonds. The molecule has 2 aliphatic heterocycles. The van der Waals surface area contributed by atoms with Gasteiger partial charge in [-0.05, 0) is 12.1 Å². The molecule has 6 heterocycles. The summed E-state index contributed by atoms with van der Waals surface area (Å²) < 4.78 is 66.6. The Labute approximate surface area is 342 Å². The number of carboxylic acid groups (broad SMARTS) is 1. The second-order valence-electron chi connectivity index (χ2n) is 13.8. The Kier molecular flexibility index (Phi) is 12.8. The highest BCUT2D eigenvalue weighted by Crippen LogP contribution is 2.55. The van der Waals surface area contributed by atoms with Gasteiger partial charge in [0.2, 0.25) is 11.9 Å². The van der Waals surface area contributed by atoms with E-state index in [1.165, 1.54) is 10.9 Å². The molecular weight excluding hydrogens is 832 g/mol. The molecule has 5 N–H and O–H groups in total. The Morgan fingerprint density at radius 1 is 1.05 bits per heavy atom. The van der Waals surface area contributed by atoms with Gasteiger partial charge < -0.3 is 29.7 Å². The lowest BCUT2D eigenvalue weighted by Gasteiger charge is -2.26. The molecule has 2 saturated heterocycles. The van der Waals surface area contributed by atoms with Crippen LogP contribution in [0.25, 0.3) is 22.3 Å². The highest BCUT2D eigenvalue weighted by atomic mass is 31.2. The lowest BCUT2D eigenvalue weighted by molar-refractivity contribution is -0.118. The number of aliphatic hydroxyl groups is 1. The Morgan fingerprint density at radius 3 is 2.49 bits per heavy atom. The maximum atomic E-state index is 16.1. The summed E-state index contributed by atoms with van der Waals surface area (Å²) in [5.41, 5.74) is -0.615. The standard InChI is InChI=1S/C35H37FN11O13P/c1-17(2)29(49)44-34-43-28-24(31(51)45-34)41-16-47(28)33-25(22(36)21(12-48)58-33)60-61(54,55-10-6-9-37)56-13-19-11-20(59-35(52)53)32(57-19)46-15-40-23-26(38-14-39-27(23)46)42-30(50)18-7-4-3-5-8-18/h3-5,7-8,14-17,19-22,25,32-33,48H,6,10-13H2,1-2H3,(H,52,53)(H,38,39,42,50)(H2,43,44,45,49,51)/t19-,20+,21+,22+,25+,32+,33+,61?/m0/s1. The molecule has 0 saturated carbocycles. The van der Waals surface area contributed by atoms with Crippen molar-refractivity contribution >= 4 is 59.9 Å². The Balaban J connectivity index is 1.13. The molecule has 322 valence electrons. The van der Waals surface area contributed by atoms with Crippen molar-refractivity contribution in [3.8, 4) is 6.07 Å². The second-order valence-corrected chi connectivity index (χ2v) is 15.4. The number of carbonyl (C=O) groups is 3. The number of aromatic nitrogens is 8. The van der Waals surface area contributed by atoms with Crippen LogP contribution in [-0.4, -0.2) is 118 Å². The third-order valence-electron chi connectivity index (χ3n) is 9.35. The van der Waals surface area contributed by atoms with Gasteiger partial charge in [-0.25, -0.2) is 33.7 Å². The van der Waals surface area contributed by atoms with Gasteiger partial charge in [0.15, 0.2) is 52.9 Å². The summed E-state index contributed by atoms with van der Waals surface area (Å²) in [6, 6.07) is 10.1. The molecule has 0 radical (unpaired) electrons. The smallest absolute Gasteiger partial charge is 0.450 e. The number of aliphatic hydroxyl groups excluding tert-OH is 1. The molecule has 1 aromatic carbocycles. The average molecular weight is 870 g/mol. The molecule has 26 heteroatoms. The molecule has 0 bridgehead atoms. The zero-order chi connectivity index (χ0) is 43.4. The van der Waals surface area contributed by atoms with Crippen molar-refractivity contribution in [3.05, 3.63) is 65.2 Å². The molecule has 0 aliphatic carbocycles. The third-order valence-corrected chi connectivity index (χ3v) is 10.8. The quantitative estimate of drug-likeness (QED) is 0.0541. The SMILES string of the molecule is CC(C)C(=O)Nc1nc2c(ncn2[C@@H]2O[C@H](CO)[C@@H](F)[C@H]2OP(=O)(OCCC#N)OC[C@@H]2C[C@@H](OC(=O)O)[C@H](n3cnc4c(NC(=O)c5ccccc5)ncnc43)O2)c(=O)[nH]1. The van der Waals surface area contributed by atoms with Crippen LogP contribution in [0.15, 0.2) is 54.1 Å². The van der Waals surface area contributed by atoms with Crippen LogP contribution in [0, 0.1) is 17.2 Å². The Bertz CT molecular complexity index is 2570. The summed E-state index contributed by atoms with van der Waals surface area (Å²) in [6.45, 7) is 1.21. The van der Waals surface area contributed by atoms with Crippen LogP contribution in [0.3, 0.4) is 0 Å². The van der Waals surface area contributed by atoms with Gasteiger partial charge in [0, 0.05) is 17.9 Å². The number of imidazole rings is 2. The number of amides is 2. The van der Waals surface area contributed by atoms with E-state index >= 15 is 4.39 Å². The van der Waals surface area contributed by atoms with Crippen molar-refractivity contribution < 1.29 is 61.3 Å². The average Bonchev–Trinajstić information content (AvgIpc) is 4.02. The van der Waals surface area contributed by atoms with E-state index in [1.54, 1.807) is 44.2 Å². The fraction of sp³-hybridized carbons (Fsp3) is 0.429. The molecule has 4 aromatic heterocycles. The number of hydrogen-bond donors (Lipinski definition) is 5. The van der Waals surface area contributed by atoms with Crippen molar-refractivity contribution in [2.24, 2.45) is 5.92 Å². The number of ether oxygens (including phenoxy) is 3. The van der Waals surface area contributed by atoms with E-state index in [9.17, 15) is 34.0 Å². The number of carbonyl (C=O) groups excluding carboxylic acids is 2. The van der Waals surface area contributed by atoms with Crippen LogP contribution in [0.2, 0.25) is 0 Å². The van der Waals surface area contributed by atoms with Crippen molar-refractivity contribution in [2.75, 3.05) is 30.5 Å². The number of benzene rings is 1. The van der Waals surface area contributed by atoms with Crippen molar-refractivity contribution in [1.29, 1.82) is 5.26 Å². The first kappa shape index (κ1) is 42.8. The predicted octanol–water partition coefficient (Wildman–Crippen LogP) is 2.82. The fourth-order valence-corrected chi connectivity index (χ4v) is 7.82. The first-order chi connectivity index (χ1) is 29.3. The number of halogens is 1. The fourth-order valence-electron chi connectivity index (χ4n) is 6.44. The van der Waals surface area contributed by atoms with Gasteiger partial charge in [-0.3, -0.25) is 47.4 Å². The van der Waals surface area contributed by atoms with E-state index in [4.69, 9.17) is 33.0 Å². The van der Waals surface area contributed by atoms with E-state index in [2.05, 4.69) is 40.5 Å². The monoisotopic (exact) mass is 869 g/mol. The number of hydrogen-bond acceptors (Lipinski definition) is 18. The van der Waals surface area contributed by atoms with Gasteiger partial charge in [0.25, 0.3) is 11.5 Å². The van der Waals surface area contributed by atoms with Gasteiger partial charge in [-0.1, -0.05) is 32.0 Å². The minimum absolute atomic E-state index is 0.0483. The normalized spacial score (nSPS) is 23.5. The number of phosphoric acid groups is 1. The minimum Gasteiger partial charge on any atom is -0.450 e. The molecule has 1 unspecified atom stereocenters. The Morgan fingerprint density at radius 2 is 1.79 bits per heavy atom. The van der Waals surface area contributed by atoms with E-state index in [0.717, 1.165) is 17.2 Å². The van der Waals surface area contributed by atoms with Crippen molar-refractivity contribution in [2.45, 2.75) is 69.7 Å². The molecule has 61 heavy (non-hydrogen) atoms. The highest BCUT2D eigenvalue weighted by molar-refractivity contribution is 7.48. The lowest BCUT2D eigenvalue weighted by atomic mass is 10.1. The molecule has 2 aliphatic rings. The zero-order valence-corrected chi connectivity index (χ0v) is 33.0. The number of alkyl halides is 1. The second kappa shape index (κ2) is 18.2. The maximum Gasteiger partial charge on any atom is 0.506 e. The number of anilines is 2. The highest BCUT2D eigenvalue weighted by Gasteiger charge is 2.52. The van der Waals surface area contributed by atoms with E-state index in [1.807, 2.05) is 6.07 Å². The van der Waals surface area contributed by atoms with E-state index in [0.29, 0.717) is 5.56 Å². The number of rotatable bonds is 16. The summed E-state index contributed by atoms with van der Waals surface area (Å²) in [5.74, 6) is -1.65. The first-order valence-electron chi connectivity index (χ1n) is 18.5. The summed E-state index contributed by atoms with van der Waals surface area (Å²) in [5, 5.41) is 33.8. The number of nitrogens with one attached hydrogen (secondary N) is 3. The third kappa shape index (κ3) is 9.25. The molecule has 2 fully saturated rings. The number of phosphoric ester groups is 1. The minimum atomic E-state index is -4.93. The predicted molar refractivity (Wildman–Crippen MR) is 203 cm³/mol. The summed E-state index contributed by atoms with van der Waals surface area (Å²) in [7, 11) is -4.93. The Hall–Kier alpha value is -6.26. The van der Waals surface area contributed by atoms with Crippen LogP contribution < -0.4 is 16.2 Å². The van der Waals surface area contributed by atoms with E-state index in [-0.39, 0.29) is 46.9 Å². The maximum absolute atomic E-state index is 16.1. The largest absolute Gasteiger partial charge is 0.506 e. The van der Waals surface area contributed by atoms with Crippen LogP contribution in [0.5, 0.6) is 0 Å². The van der Waals surface area contributed by atoms with Gasteiger partial charge in [0.05, 0.1) is 51.1 Å². The zero-order valence-electron chi connectivity index (χ0n) is 32.1. The van der Waals surface area contributed by atoms with E-state index < -0.39 is 100 Å². The van der Waals surface area contributed by atoms with Gasteiger partial charge >= 0.3 is 14.0 Å². The molecule has 8 atom stereocenters. The van der Waals surface area contributed by atoms with Crippen LogP contribution >= 0.6 is 7.82 Å². The van der Waals surface area contributed by atoms with Crippen LogP contribution in [0.4, 0.5) is 21.0 Å². The number of nitriles is 1. The molecule has 24 nitrogen and oxygen atoms in total. The molecule has 7 rings (SSSR count). The van der Waals surface area contributed by atoms with Gasteiger partial charge in [0.1, 0.15) is 18.5 Å². The summed E-state index contributed by atoms with van der Waals surface area (Å²) in [6.07, 6.45) is -9.50. The molecular formula is C35H37FN11O13P.